The summed E-state index contributed by atoms with van der Waals surface area (Å²) in [4.78, 5) is 7.51. The molecule has 2 saturated heterocycles. The summed E-state index contributed by atoms with van der Waals surface area (Å²) in [5, 5.41) is 10.8. The number of fused-ring (bicyclic) bond motifs is 1. The summed E-state index contributed by atoms with van der Waals surface area (Å²) in [6.07, 6.45) is 0. The third kappa shape index (κ3) is 3.56. The molecule has 2 aliphatic heterocycles. The smallest absolute Gasteiger partial charge is 0.123 e. The first-order chi connectivity index (χ1) is 12.5. The molecule has 0 bridgehead atoms. The quantitative estimate of drug-likeness (QED) is 0.836. The summed E-state index contributed by atoms with van der Waals surface area (Å²) in [6.45, 7) is 7.62. The molecule has 2 aliphatic rings. The van der Waals surface area contributed by atoms with Gasteiger partial charge in [0.05, 0.1) is 6.61 Å². The van der Waals surface area contributed by atoms with E-state index in [9.17, 15) is 9.50 Å². The Morgan fingerprint density at radius 2 is 1.92 bits per heavy atom. The van der Waals surface area contributed by atoms with E-state index < -0.39 is 0 Å². The highest BCUT2D eigenvalue weighted by Crippen LogP contribution is 2.43. The average Bonchev–Trinajstić information content (AvgIpc) is 3.24. The van der Waals surface area contributed by atoms with E-state index in [0.29, 0.717) is 17.5 Å². The van der Waals surface area contributed by atoms with Gasteiger partial charge in [0.2, 0.25) is 0 Å². The molecule has 3 heterocycles. The molecule has 2 unspecified atom stereocenters. The van der Waals surface area contributed by atoms with Gasteiger partial charge in [-0.3, -0.25) is 9.80 Å². The highest BCUT2D eigenvalue weighted by atomic mass is 35.5. The fraction of sp³-hybridized carbons (Fsp3) is 0.500. The van der Waals surface area contributed by atoms with E-state index in [4.69, 9.17) is 11.6 Å². The molecule has 26 heavy (non-hydrogen) atoms. The van der Waals surface area contributed by atoms with Crippen LogP contribution in [-0.4, -0.2) is 47.7 Å². The van der Waals surface area contributed by atoms with Gasteiger partial charge in [-0.25, -0.2) is 4.39 Å². The zero-order valence-corrected chi connectivity index (χ0v) is 16.5. The summed E-state index contributed by atoms with van der Waals surface area (Å²) >= 11 is 8.08. The first-order valence-electron chi connectivity index (χ1n) is 9.02. The van der Waals surface area contributed by atoms with E-state index in [2.05, 4.69) is 28.9 Å². The van der Waals surface area contributed by atoms with Crippen molar-refractivity contribution in [2.75, 3.05) is 32.8 Å². The lowest BCUT2D eigenvalue weighted by Gasteiger charge is -2.27. The number of rotatable bonds is 5. The van der Waals surface area contributed by atoms with E-state index in [1.807, 2.05) is 11.3 Å². The third-order valence-corrected chi connectivity index (χ3v) is 7.15. The van der Waals surface area contributed by atoms with Crippen LogP contribution in [-0.2, 0) is 13.1 Å². The minimum absolute atomic E-state index is 0.0773. The van der Waals surface area contributed by atoms with Crippen LogP contribution in [0.25, 0.3) is 0 Å². The van der Waals surface area contributed by atoms with Crippen molar-refractivity contribution in [2.45, 2.75) is 20.0 Å². The number of likely N-dealkylation sites (tertiary alicyclic amines) is 2. The van der Waals surface area contributed by atoms with Crippen LogP contribution in [0.4, 0.5) is 4.39 Å². The maximum atomic E-state index is 13.5. The molecular weight excluding hydrogens is 371 g/mol. The molecular formula is C20H24ClFN2OS. The highest BCUT2D eigenvalue weighted by Gasteiger charge is 2.51. The maximum absolute atomic E-state index is 13.5. The van der Waals surface area contributed by atoms with Gasteiger partial charge >= 0.3 is 0 Å². The minimum Gasteiger partial charge on any atom is -0.396 e. The second-order valence-electron chi connectivity index (χ2n) is 7.80. The van der Waals surface area contributed by atoms with Crippen LogP contribution in [0.3, 0.4) is 0 Å². The highest BCUT2D eigenvalue weighted by molar-refractivity contribution is 7.11. The number of halogens is 2. The Bertz CT molecular complexity index is 798. The van der Waals surface area contributed by atoms with E-state index in [1.165, 1.54) is 21.9 Å². The van der Waals surface area contributed by atoms with Gasteiger partial charge in [0, 0.05) is 59.5 Å². The Kier molecular flexibility index (Phi) is 5.10. The van der Waals surface area contributed by atoms with Gasteiger partial charge in [0.25, 0.3) is 0 Å². The molecule has 2 atom stereocenters. The maximum Gasteiger partial charge on any atom is 0.123 e. The zero-order chi connectivity index (χ0) is 18.3. The van der Waals surface area contributed by atoms with E-state index >= 15 is 0 Å². The summed E-state index contributed by atoms with van der Waals surface area (Å²) in [5.74, 6) is 0.193. The monoisotopic (exact) mass is 394 g/mol. The van der Waals surface area contributed by atoms with Crippen LogP contribution in [0.15, 0.2) is 30.3 Å². The van der Waals surface area contributed by atoms with E-state index in [-0.39, 0.29) is 17.8 Å². The van der Waals surface area contributed by atoms with Crippen molar-refractivity contribution in [2.24, 2.45) is 11.3 Å². The van der Waals surface area contributed by atoms with Crippen molar-refractivity contribution in [3.63, 3.8) is 0 Å². The molecule has 3 nitrogen and oxygen atoms in total. The molecule has 6 heteroatoms. The summed E-state index contributed by atoms with van der Waals surface area (Å²) in [5.41, 5.74) is 0.747. The van der Waals surface area contributed by atoms with E-state index in [1.54, 1.807) is 6.07 Å². The molecule has 1 aromatic heterocycles. The molecule has 1 N–H and O–H groups in total. The lowest BCUT2D eigenvalue weighted by molar-refractivity contribution is 0.110. The van der Waals surface area contributed by atoms with Crippen molar-refractivity contribution in [1.29, 1.82) is 0 Å². The van der Waals surface area contributed by atoms with Crippen molar-refractivity contribution in [1.82, 2.24) is 9.80 Å². The predicted molar refractivity (Wildman–Crippen MR) is 104 cm³/mol. The van der Waals surface area contributed by atoms with Crippen LogP contribution in [0.2, 0.25) is 5.02 Å². The Morgan fingerprint density at radius 1 is 1.19 bits per heavy atom. The lowest BCUT2D eigenvalue weighted by atomic mass is 9.82. The molecule has 2 aromatic rings. The second-order valence-corrected chi connectivity index (χ2v) is 9.58. The van der Waals surface area contributed by atoms with Crippen molar-refractivity contribution in [3.8, 4) is 0 Å². The molecule has 1 aromatic carbocycles. The molecule has 0 aliphatic carbocycles. The lowest BCUT2D eigenvalue weighted by Crippen LogP contribution is -2.36. The summed E-state index contributed by atoms with van der Waals surface area (Å²) < 4.78 is 13.5. The number of benzene rings is 1. The van der Waals surface area contributed by atoms with Gasteiger partial charge in [0.15, 0.2) is 0 Å². The predicted octanol–water partition coefficient (Wildman–Crippen LogP) is 3.78. The SMILES string of the molecule is Cc1ccc(CN2CC3CN(Cc4cc(F)ccc4Cl)CC3(CO)C2)s1. The standard InChI is InChI=1S/C20H24ClFN2OS/c1-14-2-4-18(26-14)10-24-9-16-8-23(11-20(16,12-24)13-25)7-15-6-17(22)3-5-19(15)21/h2-6,16,25H,7-13H2,1H3. The fourth-order valence-corrected chi connectivity index (χ4v) is 5.67. The van der Waals surface area contributed by atoms with Crippen LogP contribution in [0.5, 0.6) is 0 Å². The number of aryl methyl sites for hydroxylation is 1. The first kappa shape index (κ1) is 18.4. The normalized spacial score (nSPS) is 26.5. The Hall–Kier alpha value is -0.980. The Labute approximate surface area is 163 Å². The van der Waals surface area contributed by atoms with Gasteiger partial charge in [0.1, 0.15) is 5.82 Å². The van der Waals surface area contributed by atoms with Gasteiger partial charge < -0.3 is 5.11 Å². The molecule has 2 fully saturated rings. The molecule has 4 rings (SSSR count). The number of aliphatic hydroxyl groups is 1. The van der Waals surface area contributed by atoms with Crippen molar-refractivity contribution >= 4 is 22.9 Å². The van der Waals surface area contributed by atoms with Crippen LogP contribution in [0.1, 0.15) is 15.3 Å². The van der Waals surface area contributed by atoms with Gasteiger partial charge in [-0.05, 0) is 48.7 Å². The zero-order valence-electron chi connectivity index (χ0n) is 14.9. The molecule has 0 saturated carbocycles. The number of nitrogens with zero attached hydrogens (tertiary/aromatic N) is 2. The van der Waals surface area contributed by atoms with Crippen LogP contribution >= 0.6 is 22.9 Å². The van der Waals surface area contributed by atoms with Crippen molar-refractivity contribution < 1.29 is 9.50 Å². The number of hydrogen-bond donors (Lipinski definition) is 1. The Morgan fingerprint density at radius 3 is 2.54 bits per heavy atom. The number of thiophene rings is 1. The number of hydrogen-bond acceptors (Lipinski definition) is 4. The van der Waals surface area contributed by atoms with Crippen LogP contribution < -0.4 is 0 Å². The van der Waals surface area contributed by atoms with Crippen molar-refractivity contribution in [3.05, 3.63) is 56.5 Å². The Balaban J connectivity index is 1.42. The minimum atomic E-state index is -0.252. The van der Waals surface area contributed by atoms with Gasteiger partial charge in [-0.1, -0.05) is 11.6 Å². The molecule has 140 valence electrons. The van der Waals surface area contributed by atoms with E-state index in [0.717, 1.165) is 38.3 Å². The largest absolute Gasteiger partial charge is 0.396 e. The molecule has 0 amide bonds. The fourth-order valence-electron chi connectivity index (χ4n) is 4.56. The topological polar surface area (TPSA) is 26.7 Å². The average molecular weight is 395 g/mol. The first-order valence-corrected chi connectivity index (χ1v) is 10.2. The van der Waals surface area contributed by atoms with Gasteiger partial charge in [-0.2, -0.15) is 0 Å². The number of aliphatic hydroxyl groups excluding tert-OH is 1. The summed E-state index contributed by atoms with van der Waals surface area (Å²) in [6, 6.07) is 8.91. The third-order valence-electron chi connectivity index (χ3n) is 5.79. The summed E-state index contributed by atoms with van der Waals surface area (Å²) in [7, 11) is 0. The van der Waals surface area contributed by atoms with Crippen LogP contribution in [0, 0.1) is 24.1 Å². The van der Waals surface area contributed by atoms with Gasteiger partial charge in [-0.15, -0.1) is 11.3 Å². The second kappa shape index (κ2) is 7.21. The molecule has 0 spiro atoms. The molecule has 0 radical (unpaired) electrons.